The van der Waals surface area contributed by atoms with Gasteiger partial charge in [0.25, 0.3) is 0 Å². The van der Waals surface area contributed by atoms with Crippen LogP contribution in [0, 0.1) is 5.41 Å². The maximum Gasteiger partial charge on any atom is 0.330 e. The number of carbonyl (C=O) groups is 1. The van der Waals surface area contributed by atoms with E-state index in [0.29, 0.717) is 12.0 Å². The zero-order valence-corrected chi connectivity index (χ0v) is 9.63. The molecule has 3 heteroatoms. The lowest BCUT2D eigenvalue weighted by Crippen LogP contribution is -2.28. The molecular formula is C11H21NO2. The van der Waals surface area contributed by atoms with Crippen molar-refractivity contribution in [1.82, 2.24) is 4.90 Å². The molecule has 1 N–H and O–H groups in total. The largest absolute Gasteiger partial charge is 0.478 e. The molecule has 82 valence electrons. The van der Waals surface area contributed by atoms with Gasteiger partial charge in [0.05, 0.1) is 0 Å². The maximum absolute atomic E-state index is 10.5. The number of carboxylic acids is 1. The monoisotopic (exact) mass is 199 g/mol. The van der Waals surface area contributed by atoms with Crippen LogP contribution < -0.4 is 0 Å². The summed E-state index contributed by atoms with van der Waals surface area (Å²) in [5.74, 6) is -0.884. The van der Waals surface area contributed by atoms with Crippen molar-refractivity contribution in [2.24, 2.45) is 5.41 Å². The van der Waals surface area contributed by atoms with Gasteiger partial charge in [0.15, 0.2) is 0 Å². The van der Waals surface area contributed by atoms with E-state index in [0.717, 1.165) is 13.0 Å². The van der Waals surface area contributed by atoms with Gasteiger partial charge in [0, 0.05) is 12.1 Å². The number of hydrogen-bond donors (Lipinski definition) is 1. The topological polar surface area (TPSA) is 40.5 Å². The Morgan fingerprint density at radius 3 is 2.29 bits per heavy atom. The van der Waals surface area contributed by atoms with Crippen LogP contribution in [0.2, 0.25) is 0 Å². The summed E-state index contributed by atoms with van der Waals surface area (Å²) in [4.78, 5) is 12.6. The van der Waals surface area contributed by atoms with Gasteiger partial charge in [-0.1, -0.05) is 20.4 Å². The molecule has 0 saturated carbocycles. The van der Waals surface area contributed by atoms with Crippen molar-refractivity contribution in [2.75, 3.05) is 20.6 Å². The lowest BCUT2D eigenvalue weighted by Gasteiger charge is -2.28. The summed E-state index contributed by atoms with van der Waals surface area (Å²) in [5.41, 5.74) is 0.443. The molecule has 14 heavy (non-hydrogen) atoms. The average Bonchev–Trinajstić information content (AvgIpc) is 1.97. The van der Waals surface area contributed by atoms with Gasteiger partial charge in [-0.15, -0.1) is 0 Å². The Kier molecular flexibility index (Phi) is 4.85. The molecule has 0 aromatic rings. The van der Waals surface area contributed by atoms with Gasteiger partial charge in [-0.25, -0.2) is 4.79 Å². The molecule has 0 atom stereocenters. The summed E-state index contributed by atoms with van der Waals surface area (Å²) in [6.07, 6.45) is 1.42. The van der Waals surface area contributed by atoms with Crippen LogP contribution in [0.15, 0.2) is 12.2 Å². The molecule has 0 spiro atoms. The molecule has 0 bridgehead atoms. The van der Waals surface area contributed by atoms with E-state index in [1.807, 2.05) is 14.1 Å². The third kappa shape index (κ3) is 5.75. The molecule has 0 unspecified atom stereocenters. The minimum Gasteiger partial charge on any atom is -0.478 e. The van der Waals surface area contributed by atoms with Gasteiger partial charge in [0.1, 0.15) is 0 Å². The molecule has 3 nitrogen and oxygen atoms in total. The lowest BCUT2D eigenvalue weighted by molar-refractivity contribution is -0.132. The second-order valence-corrected chi connectivity index (χ2v) is 4.81. The standard InChI is InChI=1S/C11H21NO2/c1-9(10(13)14)6-7-11(2,3)8-12(4)5/h1,6-8H2,2-5H3,(H,13,14). The van der Waals surface area contributed by atoms with E-state index in [2.05, 4.69) is 25.3 Å². The highest BCUT2D eigenvalue weighted by molar-refractivity contribution is 5.85. The fourth-order valence-electron chi connectivity index (χ4n) is 1.53. The summed E-state index contributed by atoms with van der Waals surface area (Å²) in [5, 5.41) is 8.65. The van der Waals surface area contributed by atoms with Crippen molar-refractivity contribution in [2.45, 2.75) is 26.7 Å². The lowest BCUT2D eigenvalue weighted by atomic mass is 9.86. The highest BCUT2D eigenvalue weighted by Gasteiger charge is 2.19. The first-order valence-electron chi connectivity index (χ1n) is 4.80. The Bertz CT molecular complexity index is 219. The van der Waals surface area contributed by atoms with Crippen LogP contribution in [-0.4, -0.2) is 36.6 Å². The van der Waals surface area contributed by atoms with Crippen molar-refractivity contribution in [3.63, 3.8) is 0 Å². The van der Waals surface area contributed by atoms with Crippen LogP contribution in [-0.2, 0) is 4.79 Å². The van der Waals surface area contributed by atoms with Crippen molar-refractivity contribution in [3.8, 4) is 0 Å². The van der Waals surface area contributed by atoms with Crippen LogP contribution in [0.5, 0.6) is 0 Å². The Morgan fingerprint density at radius 2 is 1.93 bits per heavy atom. The molecular weight excluding hydrogens is 178 g/mol. The Labute approximate surface area is 86.4 Å². The first-order chi connectivity index (χ1) is 6.24. The molecule has 0 aliphatic heterocycles. The smallest absolute Gasteiger partial charge is 0.330 e. The highest BCUT2D eigenvalue weighted by atomic mass is 16.4. The second-order valence-electron chi connectivity index (χ2n) is 4.81. The molecule has 0 aliphatic carbocycles. The van der Waals surface area contributed by atoms with E-state index in [1.165, 1.54) is 0 Å². The summed E-state index contributed by atoms with van der Waals surface area (Å²) >= 11 is 0. The van der Waals surface area contributed by atoms with E-state index in [4.69, 9.17) is 5.11 Å². The Hall–Kier alpha value is -0.830. The van der Waals surface area contributed by atoms with E-state index < -0.39 is 5.97 Å². The number of carboxylic acid groups (broad SMARTS) is 1. The van der Waals surface area contributed by atoms with Crippen molar-refractivity contribution in [3.05, 3.63) is 12.2 Å². The van der Waals surface area contributed by atoms with Gasteiger partial charge >= 0.3 is 5.97 Å². The van der Waals surface area contributed by atoms with Crippen molar-refractivity contribution < 1.29 is 9.90 Å². The number of nitrogens with zero attached hydrogens (tertiary/aromatic N) is 1. The van der Waals surface area contributed by atoms with Crippen LogP contribution in [0.1, 0.15) is 26.7 Å². The van der Waals surface area contributed by atoms with Gasteiger partial charge < -0.3 is 10.0 Å². The van der Waals surface area contributed by atoms with Crippen LogP contribution in [0.4, 0.5) is 0 Å². The number of hydrogen-bond acceptors (Lipinski definition) is 2. The third-order valence-corrected chi connectivity index (χ3v) is 2.15. The molecule has 0 radical (unpaired) electrons. The minimum atomic E-state index is -0.884. The molecule has 0 amide bonds. The van der Waals surface area contributed by atoms with Gasteiger partial charge in [-0.3, -0.25) is 0 Å². The fraction of sp³-hybridized carbons (Fsp3) is 0.727. The molecule has 0 heterocycles. The van der Waals surface area contributed by atoms with Crippen LogP contribution in [0.3, 0.4) is 0 Å². The molecule has 0 fully saturated rings. The first-order valence-corrected chi connectivity index (χ1v) is 4.80. The highest BCUT2D eigenvalue weighted by Crippen LogP contribution is 2.24. The second kappa shape index (κ2) is 5.15. The van der Waals surface area contributed by atoms with Crippen LogP contribution >= 0.6 is 0 Å². The summed E-state index contributed by atoms with van der Waals surface area (Å²) in [6.45, 7) is 8.76. The van der Waals surface area contributed by atoms with Gasteiger partial charge in [-0.05, 0) is 32.4 Å². The predicted octanol–water partition coefficient (Wildman–Crippen LogP) is 2.00. The van der Waals surface area contributed by atoms with E-state index in [1.54, 1.807) is 0 Å². The van der Waals surface area contributed by atoms with Gasteiger partial charge in [-0.2, -0.15) is 0 Å². The summed E-state index contributed by atoms with van der Waals surface area (Å²) in [6, 6.07) is 0. The number of aliphatic carboxylic acids is 1. The Morgan fingerprint density at radius 1 is 1.43 bits per heavy atom. The summed E-state index contributed by atoms with van der Waals surface area (Å²) < 4.78 is 0. The van der Waals surface area contributed by atoms with Crippen molar-refractivity contribution in [1.29, 1.82) is 0 Å². The van der Waals surface area contributed by atoms with Crippen molar-refractivity contribution >= 4 is 5.97 Å². The number of rotatable bonds is 6. The molecule has 0 aliphatic rings. The molecule has 0 aromatic carbocycles. The normalized spacial score (nSPS) is 11.8. The molecule has 0 aromatic heterocycles. The predicted molar refractivity (Wildman–Crippen MR) is 58.3 cm³/mol. The molecule has 0 saturated heterocycles. The average molecular weight is 199 g/mol. The molecule has 0 rings (SSSR count). The first kappa shape index (κ1) is 13.2. The van der Waals surface area contributed by atoms with Gasteiger partial charge in [0.2, 0.25) is 0 Å². The quantitative estimate of drug-likeness (QED) is 0.665. The zero-order chi connectivity index (χ0) is 11.4. The van der Waals surface area contributed by atoms with E-state index >= 15 is 0 Å². The van der Waals surface area contributed by atoms with Crippen LogP contribution in [0.25, 0.3) is 0 Å². The Balaban J connectivity index is 3.98. The van der Waals surface area contributed by atoms with E-state index in [9.17, 15) is 4.79 Å². The fourth-order valence-corrected chi connectivity index (χ4v) is 1.53. The minimum absolute atomic E-state index is 0.141. The SMILES string of the molecule is C=C(CCC(C)(C)CN(C)C)C(=O)O. The van der Waals surface area contributed by atoms with E-state index in [-0.39, 0.29) is 5.41 Å². The maximum atomic E-state index is 10.5. The summed E-state index contributed by atoms with van der Waals surface area (Å²) in [7, 11) is 4.04. The third-order valence-electron chi connectivity index (χ3n) is 2.15. The zero-order valence-electron chi connectivity index (χ0n) is 9.63.